The summed E-state index contributed by atoms with van der Waals surface area (Å²) in [6, 6.07) is 11.6. The number of nitrogens with one attached hydrogen (secondary N) is 2. The Morgan fingerprint density at radius 3 is 3.22 bits per heavy atom. The van der Waals surface area contributed by atoms with Crippen molar-refractivity contribution in [3.63, 3.8) is 0 Å². The Kier molecular flexibility index (Phi) is 3.31. The maximum Gasteiger partial charge on any atom is 0.248 e. The SMILES string of the molecule is O=C(/C=C/c1ccc2c(c1)CCO2)Nc1cccc2cn[nH]c12. The third-order valence-corrected chi connectivity index (χ3v) is 3.88. The van der Waals surface area contributed by atoms with Gasteiger partial charge >= 0.3 is 0 Å². The topological polar surface area (TPSA) is 67.0 Å². The van der Waals surface area contributed by atoms with Crippen LogP contribution in [-0.2, 0) is 11.2 Å². The summed E-state index contributed by atoms with van der Waals surface area (Å²) in [7, 11) is 0. The lowest BCUT2D eigenvalue weighted by molar-refractivity contribution is -0.111. The monoisotopic (exact) mass is 305 g/mol. The quantitative estimate of drug-likeness (QED) is 0.730. The van der Waals surface area contributed by atoms with Gasteiger partial charge in [-0.25, -0.2) is 0 Å². The van der Waals surface area contributed by atoms with Gasteiger partial charge in [0.05, 0.1) is 24.0 Å². The van der Waals surface area contributed by atoms with Crippen LogP contribution in [-0.4, -0.2) is 22.7 Å². The molecule has 0 aliphatic carbocycles. The highest BCUT2D eigenvalue weighted by molar-refractivity contribution is 6.06. The number of amides is 1. The van der Waals surface area contributed by atoms with Crippen molar-refractivity contribution in [3.8, 4) is 5.75 Å². The van der Waals surface area contributed by atoms with Crippen molar-refractivity contribution >= 4 is 28.6 Å². The third-order valence-electron chi connectivity index (χ3n) is 3.88. The number of benzene rings is 2. The van der Waals surface area contributed by atoms with Crippen molar-refractivity contribution in [1.82, 2.24) is 10.2 Å². The van der Waals surface area contributed by atoms with Crippen LogP contribution in [0.5, 0.6) is 5.75 Å². The number of ether oxygens (including phenoxy) is 1. The zero-order chi connectivity index (χ0) is 15.6. The lowest BCUT2D eigenvalue weighted by atomic mass is 10.1. The van der Waals surface area contributed by atoms with Gasteiger partial charge in [0.2, 0.25) is 5.91 Å². The molecule has 1 aromatic heterocycles. The van der Waals surface area contributed by atoms with Gasteiger partial charge in [0.15, 0.2) is 0 Å². The molecule has 0 bridgehead atoms. The van der Waals surface area contributed by atoms with Gasteiger partial charge in [0, 0.05) is 17.9 Å². The summed E-state index contributed by atoms with van der Waals surface area (Å²) in [5.41, 5.74) is 3.72. The van der Waals surface area contributed by atoms with Crippen molar-refractivity contribution < 1.29 is 9.53 Å². The molecule has 23 heavy (non-hydrogen) atoms. The van der Waals surface area contributed by atoms with Crippen LogP contribution in [0.3, 0.4) is 0 Å². The summed E-state index contributed by atoms with van der Waals surface area (Å²) in [6.07, 6.45) is 5.99. The molecule has 5 heteroatoms. The molecule has 4 rings (SSSR count). The van der Waals surface area contributed by atoms with E-state index in [9.17, 15) is 4.79 Å². The fourth-order valence-corrected chi connectivity index (χ4v) is 2.73. The van der Waals surface area contributed by atoms with Crippen LogP contribution >= 0.6 is 0 Å². The molecule has 0 saturated heterocycles. The van der Waals surface area contributed by atoms with Gasteiger partial charge in [0.1, 0.15) is 5.75 Å². The van der Waals surface area contributed by atoms with Gasteiger partial charge in [-0.05, 0) is 35.4 Å². The molecule has 0 saturated carbocycles. The number of hydrogen-bond donors (Lipinski definition) is 2. The molecule has 114 valence electrons. The second-order valence-electron chi connectivity index (χ2n) is 5.43. The molecule has 0 radical (unpaired) electrons. The lowest BCUT2D eigenvalue weighted by Gasteiger charge is -2.03. The van der Waals surface area contributed by atoms with E-state index in [0.29, 0.717) is 0 Å². The number of anilines is 1. The van der Waals surface area contributed by atoms with Gasteiger partial charge in [-0.2, -0.15) is 5.10 Å². The number of carbonyl (C=O) groups is 1. The Balaban J connectivity index is 1.50. The van der Waals surface area contributed by atoms with Crippen LogP contribution < -0.4 is 10.1 Å². The maximum atomic E-state index is 12.1. The van der Waals surface area contributed by atoms with Crippen molar-refractivity contribution in [1.29, 1.82) is 0 Å². The number of aromatic nitrogens is 2. The number of H-pyrrole nitrogens is 1. The molecule has 5 nitrogen and oxygen atoms in total. The normalized spacial score (nSPS) is 13.2. The second kappa shape index (κ2) is 5.61. The van der Waals surface area contributed by atoms with E-state index in [0.717, 1.165) is 40.9 Å². The summed E-state index contributed by atoms with van der Waals surface area (Å²) in [5, 5.41) is 10.7. The van der Waals surface area contributed by atoms with Gasteiger partial charge in [-0.1, -0.05) is 18.2 Å². The Bertz CT molecular complexity index is 912. The van der Waals surface area contributed by atoms with Crippen LogP contribution in [0.4, 0.5) is 5.69 Å². The molecule has 1 amide bonds. The van der Waals surface area contributed by atoms with Gasteiger partial charge in [-0.3, -0.25) is 9.89 Å². The van der Waals surface area contributed by atoms with Crippen LogP contribution in [0.15, 0.2) is 48.7 Å². The molecule has 1 aliphatic rings. The van der Waals surface area contributed by atoms with Crippen LogP contribution in [0.25, 0.3) is 17.0 Å². The summed E-state index contributed by atoms with van der Waals surface area (Å²) in [5.74, 6) is 0.765. The van der Waals surface area contributed by atoms with Crippen LogP contribution in [0.1, 0.15) is 11.1 Å². The summed E-state index contributed by atoms with van der Waals surface area (Å²) in [4.78, 5) is 12.1. The summed E-state index contributed by atoms with van der Waals surface area (Å²) < 4.78 is 5.48. The Labute approximate surface area is 133 Å². The second-order valence-corrected chi connectivity index (χ2v) is 5.43. The zero-order valence-electron chi connectivity index (χ0n) is 12.4. The Morgan fingerprint density at radius 2 is 2.26 bits per heavy atom. The minimum atomic E-state index is -0.177. The van der Waals surface area contributed by atoms with E-state index in [2.05, 4.69) is 21.6 Å². The minimum Gasteiger partial charge on any atom is -0.493 e. The van der Waals surface area contributed by atoms with Crippen molar-refractivity contribution in [2.75, 3.05) is 11.9 Å². The van der Waals surface area contributed by atoms with E-state index in [1.807, 2.05) is 30.3 Å². The minimum absolute atomic E-state index is 0.177. The van der Waals surface area contributed by atoms with E-state index < -0.39 is 0 Å². The van der Waals surface area contributed by atoms with Gasteiger partial charge in [-0.15, -0.1) is 0 Å². The van der Waals surface area contributed by atoms with Gasteiger partial charge in [0.25, 0.3) is 0 Å². The highest BCUT2D eigenvalue weighted by Crippen LogP contribution is 2.26. The first-order valence-corrected chi connectivity index (χ1v) is 7.46. The molecule has 2 heterocycles. The highest BCUT2D eigenvalue weighted by Gasteiger charge is 2.11. The average molecular weight is 305 g/mol. The van der Waals surface area contributed by atoms with Gasteiger partial charge < -0.3 is 10.1 Å². The molecule has 0 fully saturated rings. The first-order chi connectivity index (χ1) is 11.3. The van der Waals surface area contributed by atoms with Crippen LogP contribution in [0, 0.1) is 0 Å². The fraction of sp³-hybridized carbons (Fsp3) is 0.111. The Hall–Kier alpha value is -3.08. The fourth-order valence-electron chi connectivity index (χ4n) is 2.73. The molecular weight excluding hydrogens is 290 g/mol. The zero-order valence-corrected chi connectivity index (χ0v) is 12.4. The number of nitrogens with zero attached hydrogens (tertiary/aromatic N) is 1. The van der Waals surface area contributed by atoms with E-state index in [1.54, 1.807) is 12.3 Å². The summed E-state index contributed by atoms with van der Waals surface area (Å²) >= 11 is 0. The number of fused-ring (bicyclic) bond motifs is 2. The van der Waals surface area contributed by atoms with Crippen LogP contribution in [0.2, 0.25) is 0 Å². The van der Waals surface area contributed by atoms with Crippen molar-refractivity contribution in [2.45, 2.75) is 6.42 Å². The molecule has 3 aromatic rings. The van der Waals surface area contributed by atoms with E-state index in [1.165, 1.54) is 11.6 Å². The molecule has 2 N–H and O–H groups in total. The molecule has 2 aromatic carbocycles. The average Bonchev–Trinajstić information content (AvgIpc) is 3.21. The molecular formula is C18H15N3O2. The molecule has 0 atom stereocenters. The van der Waals surface area contributed by atoms with Crippen molar-refractivity contribution in [2.24, 2.45) is 0 Å². The standard InChI is InChI=1S/C18H15N3O2/c22-17(20-15-3-1-2-14-11-19-21-18(14)15)7-5-12-4-6-16-13(10-12)8-9-23-16/h1-7,10-11H,8-9H2,(H,19,21)(H,20,22)/b7-5+. The predicted molar refractivity (Wildman–Crippen MR) is 89.4 cm³/mol. The largest absolute Gasteiger partial charge is 0.493 e. The Morgan fingerprint density at radius 1 is 1.30 bits per heavy atom. The maximum absolute atomic E-state index is 12.1. The van der Waals surface area contributed by atoms with E-state index in [4.69, 9.17) is 4.74 Å². The number of carbonyl (C=O) groups excluding carboxylic acids is 1. The lowest BCUT2D eigenvalue weighted by Crippen LogP contribution is -2.08. The molecule has 1 aliphatic heterocycles. The highest BCUT2D eigenvalue weighted by atomic mass is 16.5. The molecule has 0 unspecified atom stereocenters. The first-order valence-electron chi connectivity index (χ1n) is 7.46. The van der Waals surface area contributed by atoms with Crippen molar-refractivity contribution in [3.05, 3.63) is 59.8 Å². The number of aromatic amines is 1. The van der Waals surface area contributed by atoms with E-state index in [-0.39, 0.29) is 5.91 Å². The number of hydrogen-bond acceptors (Lipinski definition) is 3. The summed E-state index contributed by atoms with van der Waals surface area (Å²) in [6.45, 7) is 0.733. The third kappa shape index (κ3) is 2.68. The van der Waals surface area contributed by atoms with E-state index >= 15 is 0 Å². The number of rotatable bonds is 3. The molecule has 0 spiro atoms. The predicted octanol–water partition coefficient (Wildman–Crippen LogP) is 3.15. The first kappa shape index (κ1) is 13.6. The number of para-hydroxylation sites is 1. The smallest absolute Gasteiger partial charge is 0.248 e.